The Hall–Kier alpha value is -2.65. The van der Waals surface area contributed by atoms with E-state index in [1.807, 2.05) is 0 Å². The van der Waals surface area contributed by atoms with Gasteiger partial charge >= 0.3 is 5.97 Å². The maximum Gasteiger partial charge on any atom is 0.325 e. The predicted octanol–water partition coefficient (Wildman–Crippen LogP) is 0.508. The van der Waals surface area contributed by atoms with Crippen molar-refractivity contribution in [3.05, 3.63) is 34.3 Å². The highest BCUT2D eigenvalue weighted by Crippen LogP contribution is 2.27. The molecule has 0 aliphatic heterocycles. The average molecular weight is 415 g/mol. The Morgan fingerprint density at radius 2 is 1.96 bits per heavy atom. The number of hydrogen-bond donors (Lipinski definition) is 4. The molecular formula is C18H23ClN2O7. The van der Waals surface area contributed by atoms with Crippen molar-refractivity contribution >= 4 is 35.9 Å². The van der Waals surface area contributed by atoms with Crippen LogP contribution in [-0.4, -0.2) is 60.3 Å². The Balaban J connectivity index is 0.00000122. The van der Waals surface area contributed by atoms with Gasteiger partial charge < -0.3 is 25.6 Å². The molecule has 28 heavy (non-hydrogen) atoms. The zero-order valence-electron chi connectivity index (χ0n) is 15.5. The fraction of sp³-hybridized carbons (Fsp3) is 0.444. The molecule has 1 fully saturated rings. The zero-order valence-corrected chi connectivity index (χ0v) is 16.2. The lowest BCUT2D eigenvalue weighted by molar-refractivity contribution is -0.141. The van der Waals surface area contributed by atoms with E-state index in [-0.39, 0.29) is 37.7 Å². The Labute approximate surface area is 167 Å². The topological polar surface area (TPSA) is 142 Å². The van der Waals surface area contributed by atoms with Crippen molar-refractivity contribution in [1.82, 2.24) is 10.6 Å². The van der Waals surface area contributed by atoms with E-state index >= 15 is 0 Å². The number of halogens is 1. The fourth-order valence-electron chi connectivity index (χ4n) is 2.92. The summed E-state index contributed by atoms with van der Waals surface area (Å²) in [7, 11) is 1.23. The first-order chi connectivity index (χ1) is 13.2. The van der Waals surface area contributed by atoms with E-state index in [9.17, 15) is 19.5 Å². The zero-order chi connectivity index (χ0) is 21.3. The molecule has 10 heteroatoms. The Morgan fingerprint density at radius 3 is 2.54 bits per heavy atom. The summed E-state index contributed by atoms with van der Waals surface area (Å²) in [5.74, 6) is -1.78. The van der Waals surface area contributed by atoms with E-state index in [0.29, 0.717) is 10.6 Å². The third-order valence-electron chi connectivity index (χ3n) is 4.30. The number of carbonyl (C=O) groups is 4. The largest absolute Gasteiger partial charge is 0.483 e. The molecule has 0 radical (unpaired) electrons. The Morgan fingerprint density at radius 1 is 1.32 bits per heavy atom. The highest BCUT2D eigenvalue weighted by molar-refractivity contribution is 6.34. The van der Waals surface area contributed by atoms with Gasteiger partial charge in [0.1, 0.15) is 6.54 Å². The molecule has 0 saturated heterocycles. The number of carbonyl (C=O) groups excluding carboxylic acids is 3. The van der Waals surface area contributed by atoms with Crippen molar-refractivity contribution < 1.29 is 34.1 Å². The van der Waals surface area contributed by atoms with E-state index in [0.717, 1.165) is 5.56 Å². The van der Waals surface area contributed by atoms with Crippen molar-refractivity contribution in [2.45, 2.75) is 31.9 Å². The molecule has 2 amide bonds. The summed E-state index contributed by atoms with van der Waals surface area (Å²) in [5, 5.41) is 22.6. The van der Waals surface area contributed by atoms with Crippen LogP contribution in [0.25, 0.3) is 0 Å². The van der Waals surface area contributed by atoms with Gasteiger partial charge in [0.2, 0.25) is 5.91 Å². The lowest BCUT2D eigenvalue weighted by atomic mass is 10.1. The number of nitrogens with one attached hydrogen (secondary N) is 2. The molecule has 1 aliphatic carbocycles. The summed E-state index contributed by atoms with van der Waals surface area (Å²) in [6.07, 6.45) is -0.358. The van der Waals surface area contributed by atoms with Gasteiger partial charge in [0, 0.05) is 5.92 Å². The first kappa shape index (κ1) is 23.4. The summed E-state index contributed by atoms with van der Waals surface area (Å²) >= 11 is 6.08. The molecule has 0 aromatic heterocycles. The molecule has 1 aliphatic rings. The lowest BCUT2D eigenvalue weighted by Crippen LogP contribution is -2.40. The van der Waals surface area contributed by atoms with Crippen LogP contribution in [0, 0.1) is 12.8 Å². The Kier molecular flexibility index (Phi) is 9.40. The van der Waals surface area contributed by atoms with Gasteiger partial charge in [-0.2, -0.15) is 0 Å². The van der Waals surface area contributed by atoms with Crippen molar-refractivity contribution in [3.8, 4) is 0 Å². The number of amides is 2. The first-order valence-electron chi connectivity index (χ1n) is 8.41. The van der Waals surface area contributed by atoms with Crippen molar-refractivity contribution in [2.24, 2.45) is 5.92 Å². The molecule has 0 bridgehead atoms. The van der Waals surface area contributed by atoms with Crippen LogP contribution < -0.4 is 10.6 Å². The smallest absolute Gasteiger partial charge is 0.325 e. The van der Waals surface area contributed by atoms with Crippen LogP contribution in [0.4, 0.5) is 0 Å². The van der Waals surface area contributed by atoms with Crippen LogP contribution in [-0.2, 0) is 19.1 Å². The molecule has 2 rings (SSSR count). The molecule has 0 heterocycles. The van der Waals surface area contributed by atoms with Crippen LogP contribution >= 0.6 is 11.6 Å². The predicted molar refractivity (Wildman–Crippen MR) is 99.9 cm³/mol. The third kappa shape index (κ3) is 6.50. The highest BCUT2D eigenvalue weighted by Gasteiger charge is 2.38. The molecule has 1 saturated carbocycles. The lowest BCUT2D eigenvalue weighted by Gasteiger charge is -2.17. The number of benzene rings is 1. The standard InChI is InChI=1S/C17H21ClN2O5.CH2O2/c1-9-4-3-5-11(18)15(9)17(24)20-12-6-10(7-13(12)21)16(23)19-8-14(22)25-2;2-1-3/h3-5,10,12-13,21H,6-8H2,1-2H3,(H,19,23)(H,20,24);1H,(H,2,3)/t10-,12+,13+;/m0./s1. The summed E-state index contributed by atoms with van der Waals surface area (Å²) < 4.78 is 4.46. The maximum atomic E-state index is 12.4. The molecule has 0 unspecified atom stereocenters. The maximum absolute atomic E-state index is 12.4. The van der Waals surface area contributed by atoms with Crippen LogP contribution in [0.3, 0.4) is 0 Å². The molecular weight excluding hydrogens is 392 g/mol. The average Bonchev–Trinajstić information content (AvgIpc) is 3.00. The van der Waals surface area contributed by atoms with Gasteiger partial charge in [-0.3, -0.25) is 19.2 Å². The molecule has 9 nitrogen and oxygen atoms in total. The second-order valence-electron chi connectivity index (χ2n) is 6.15. The van der Waals surface area contributed by atoms with Gasteiger partial charge in [-0.25, -0.2) is 0 Å². The monoisotopic (exact) mass is 414 g/mol. The first-order valence-corrected chi connectivity index (χ1v) is 8.79. The molecule has 154 valence electrons. The second-order valence-corrected chi connectivity index (χ2v) is 6.55. The number of aryl methyl sites for hydroxylation is 1. The SMILES string of the molecule is COC(=O)CNC(=O)[C@@H]1C[C@@H](O)[C@H](NC(=O)c2c(C)cccc2Cl)C1.O=CO. The normalized spacial score (nSPS) is 20.4. The molecule has 1 aromatic rings. The highest BCUT2D eigenvalue weighted by atomic mass is 35.5. The van der Waals surface area contributed by atoms with Gasteiger partial charge in [0.15, 0.2) is 0 Å². The molecule has 3 atom stereocenters. The van der Waals surface area contributed by atoms with Crippen LogP contribution in [0.5, 0.6) is 0 Å². The van der Waals surface area contributed by atoms with E-state index in [2.05, 4.69) is 15.4 Å². The molecule has 0 spiro atoms. The van der Waals surface area contributed by atoms with Crippen molar-refractivity contribution in [3.63, 3.8) is 0 Å². The quantitative estimate of drug-likeness (QED) is 0.406. The Bertz CT molecular complexity index is 706. The molecule has 4 N–H and O–H groups in total. The third-order valence-corrected chi connectivity index (χ3v) is 4.61. The van der Waals surface area contributed by atoms with Crippen molar-refractivity contribution in [1.29, 1.82) is 0 Å². The van der Waals surface area contributed by atoms with E-state index in [4.69, 9.17) is 21.5 Å². The number of aliphatic hydroxyl groups is 1. The number of carboxylic acid groups (broad SMARTS) is 1. The minimum atomic E-state index is -0.847. The molecule has 1 aromatic carbocycles. The second kappa shape index (κ2) is 11.3. The number of hydrogen-bond acceptors (Lipinski definition) is 6. The summed E-state index contributed by atoms with van der Waals surface area (Å²) in [6, 6.07) is 4.59. The van der Waals surface area contributed by atoms with Gasteiger partial charge in [-0.1, -0.05) is 23.7 Å². The van der Waals surface area contributed by atoms with E-state index < -0.39 is 24.0 Å². The number of methoxy groups -OCH3 is 1. The van der Waals surface area contributed by atoms with E-state index in [1.54, 1.807) is 25.1 Å². The minimum absolute atomic E-state index is 0.208. The summed E-state index contributed by atoms with van der Waals surface area (Å²) in [6.45, 7) is 1.30. The number of ether oxygens (including phenoxy) is 1. The fourth-order valence-corrected chi connectivity index (χ4v) is 3.23. The number of rotatable bonds is 5. The van der Waals surface area contributed by atoms with Crippen LogP contribution in [0.15, 0.2) is 18.2 Å². The van der Waals surface area contributed by atoms with Gasteiger partial charge in [0.25, 0.3) is 12.4 Å². The van der Waals surface area contributed by atoms with Crippen molar-refractivity contribution in [2.75, 3.05) is 13.7 Å². The summed E-state index contributed by atoms with van der Waals surface area (Å²) in [4.78, 5) is 43.9. The number of esters is 1. The van der Waals surface area contributed by atoms with Crippen LogP contribution in [0.1, 0.15) is 28.8 Å². The minimum Gasteiger partial charge on any atom is -0.483 e. The van der Waals surface area contributed by atoms with Gasteiger partial charge in [-0.05, 0) is 31.4 Å². The van der Waals surface area contributed by atoms with E-state index in [1.165, 1.54) is 7.11 Å². The van der Waals surface area contributed by atoms with Gasteiger partial charge in [-0.15, -0.1) is 0 Å². The van der Waals surface area contributed by atoms with Crippen LogP contribution in [0.2, 0.25) is 5.02 Å². The summed E-state index contributed by atoms with van der Waals surface area (Å²) in [5.41, 5.74) is 1.08. The number of aliphatic hydroxyl groups excluding tert-OH is 1. The van der Waals surface area contributed by atoms with Gasteiger partial charge in [0.05, 0.1) is 29.8 Å².